The second-order valence-corrected chi connectivity index (χ2v) is 7.38. The highest BCUT2D eigenvalue weighted by molar-refractivity contribution is 7.17. The lowest BCUT2D eigenvalue weighted by atomic mass is 9.99. The summed E-state index contributed by atoms with van der Waals surface area (Å²) in [5.41, 5.74) is 8.23. The zero-order valence-electron chi connectivity index (χ0n) is 14.7. The van der Waals surface area contributed by atoms with Gasteiger partial charge in [0, 0.05) is 10.9 Å². The predicted molar refractivity (Wildman–Crippen MR) is 102 cm³/mol. The molecule has 3 rings (SSSR count). The molecule has 2 N–H and O–H groups in total. The van der Waals surface area contributed by atoms with Crippen LogP contribution in [0.25, 0.3) is 21.3 Å². The molecule has 25 heavy (non-hydrogen) atoms. The van der Waals surface area contributed by atoms with E-state index in [1.54, 1.807) is 13.8 Å². The molecule has 2 heterocycles. The van der Waals surface area contributed by atoms with E-state index in [0.29, 0.717) is 22.0 Å². The van der Waals surface area contributed by atoms with Crippen molar-refractivity contribution < 1.29 is 4.79 Å². The molecule has 0 aliphatic rings. The number of aryl methyl sites for hydroxylation is 1. The molecule has 2 aromatic heterocycles. The third kappa shape index (κ3) is 2.98. The number of rotatable bonds is 4. The molecule has 3 aromatic rings. The van der Waals surface area contributed by atoms with Crippen LogP contribution in [0.1, 0.15) is 44.1 Å². The van der Waals surface area contributed by atoms with Crippen LogP contribution in [0.3, 0.4) is 0 Å². The van der Waals surface area contributed by atoms with Gasteiger partial charge in [-0.05, 0) is 30.9 Å². The second kappa shape index (κ2) is 6.44. The molecule has 1 unspecified atom stereocenters. The van der Waals surface area contributed by atoms with Gasteiger partial charge in [-0.3, -0.25) is 14.2 Å². The fourth-order valence-corrected chi connectivity index (χ4v) is 3.93. The Morgan fingerprint density at radius 2 is 1.84 bits per heavy atom. The number of amides is 1. The third-order valence-corrected chi connectivity index (χ3v) is 5.38. The molecule has 0 bridgehead atoms. The van der Waals surface area contributed by atoms with Crippen LogP contribution in [0.4, 0.5) is 0 Å². The normalized spacial score (nSPS) is 12.7. The van der Waals surface area contributed by atoms with Gasteiger partial charge in [0.25, 0.3) is 5.56 Å². The Morgan fingerprint density at radius 1 is 1.20 bits per heavy atom. The highest BCUT2D eigenvalue weighted by Gasteiger charge is 2.21. The zero-order chi connectivity index (χ0) is 18.3. The molecular weight excluding hydrogens is 334 g/mol. The first-order valence-corrected chi connectivity index (χ1v) is 9.09. The van der Waals surface area contributed by atoms with E-state index < -0.39 is 11.9 Å². The average molecular weight is 355 g/mol. The van der Waals surface area contributed by atoms with Crippen LogP contribution in [0.5, 0.6) is 0 Å². The van der Waals surface area contributed by atoms with Crippen LogP contribution in [0, 0.1) is 6.92 Å². The monoisotopic (exact) mass is 355 g/mol. The van der Waals surface area contributed by atoms with E-state index >= 15 is 0 Å². The summed E-state index contributed by atoms with van der Waals surface area (Å²) in [6.45, 7) is 7.63. The number of aromatic nitrogens is 2. The fourth-order valence-electron chi connectivity index (χ4n) is 2.95. The maximum Gasteiger partial charge on any atom is 0.263 e. The number of benzene rings is 1. The first-order valence-electron chi connectivity index (χ1n) is 8.21. The molecule has 1 amide bonds. The van der Waals surface area contributed by atoms with E-state index in [2.05, 4.69) is 31.0 Å². The Kier molecular flexibility index (Phi) is 4.47. The number of fused-ring (bicyclic) bond motifs is 1. The van der Waals surface area contributed by atoms with Crippen LogP contribution in [0.2, 0.25) is 0 Å². The maximum atomic E-state index is 13.0. The molecule has 0 saturated carbocycles. The van der Waals surface area contributed by atoms with Crippen molar-refractivity contribution in [3.63, 3.8) is 0 Å². The van der Waals surface area contributed by atoms with Crippen LogP contribution in [-0.2, 0) is 4.79 Å². The van der Waals surface area contributed by atoms with Gasteiger partial charge in [0.1, 0.15) is 16.7 Å². The van der Waals surface area contributed by atoms with Crippen LogP contribution < -0.4 is 11.3 Å². The number of nitrogens with two attached hydrogens (primary N) is 1. The highest BCUT2D eigenvalue weighted by Crippen LogP contribution is 2.32. The lowest BCUT2D eigenvalue weighted by molar-refractivity contribution is -0.120. The molecule has 5 nitrogen and oxygen atoms in total. The first kappa shape index (κ1) is 17.4. The standard InChI is InChI=1S/C19H21N3O2S/c1-10(2)13-5-7-14(8-6-13)15-9-25-18-16(15)19(24)22(12(4)21-18)11(3)17(20)23/h5-11H,1-4H3,(H2,20,23). The van der Waals surface area contributed by atoms with E-state index in [-0.39, 0.29) is 5.56 Å². The number of carbonyl (C=O) groups excluding carboxylic acids is 1. The van der Waals surface area contributed by atoms with Crippen molar-refractivity contribution in [3.05, 3.63) is 51.4 Å². The number of nitrogens with zero attached hydrogens (tertiary/aromatic N) is 2. The minimum absolute atomic E-state index is 0.224. The fraction of sp³-hybridized carbons (Fsp3) is 0.316. The summed E-state index contributed by atoms with van der Waals surface area (Å²) in [6, 6.07) is 7.47. The topological polar surface area (TPSA) is 78.0 Å². The van der Waals surface area contributed by atoms with Gasteiger partial charge in [0.05, 0.1) is 5.39 Å². The molecule has 0 spiro atoms. The van der Waals surface area contributed by atoms with Crippen LogP contribution in [-0.4, -0.2) is 15.5 Å². The van der Waals surface area contributed by atoms with Gasteiger partial charge >= 0.3 is 0 Å². The Labute approximate surface area is 150 Å². The molecule has 0 saturated heterocycles. The Morgan fingerprint density at radius 3 is 2.40 bits per heavy atom. The SMILES string of the molecule is Cc1nc2scc(-c3ccc(C(C)C)cc3)c2c(=O)n1C(C)C(N)=O. The van der Waals surface area contributed by atoms with E-state index in [9.17, 15) is 9.59 Å². The van der Waals surface area contributed by atoms with Gasteiger partial charge in [0.15, 0.2) is 0 Å². The van der Waals surface area contributed by atoms with Gasteiger partial charge in [0.2, 0.25) is 5.91 Å². The van der Waals surface area contributed by atoms with Gasteiger partial charge < -0.3 is 5.73 Å². The third-order valence-electron chi connectivity index (χ3n) is 4.50. The van der Waals surface area contributed by atoms with Crippen molar-refractivity contribution in [3.8, 4) is 11.1 Å². The summed E-state index contributed by atoms with van der Waals surface area (Å²) >= 11 is 1.44. The van der Waals surface area contributed by atoms with Crippen molar-refractivity contribution in [2.24, 2.45) is 5.73 Å². The van der Waals surface area contributed by atoms with Crippen molar-refractivity contribution in [1.82, 2.24) is 9.55 Å². The molecule has 0 fully saturated rings. The second-order valence-electron chi connectivity index (χ2n) is 6.52. The molecular formula is C19H21N3O2S. The molecule has 6 heteroatoms. The average Bonchev–Trinajstić information content (AvgIpc) is 2.98. The molecule has 0 aliphatic heterocycles. The minimum atomic E-state index is -0.736. The molecule has 0 radical (unpaired) electrons. The highest BCUT2D eigenvalue weighted by atomic mass is 32.1. The smallest absolute Gasteiger partial charge is 0.263 e. The van der Waals surface area contributed by atoms with E-state index in [4.69, 9.17) is 5.73 Å². The van der Waals surface area contributed by atoms with Crippen molar-refractivity contribution in [2.75, 3.05) is 0 Å². The summed E-state index contributed by atoms with van der Waals surface area (Å²) in [5.74, 6) is 0.392. The number of hydrogen-bond donors (Lipinski definition) is 1. The van der Waals surface area contributed by atoms with Crippen LogP contribution in [0.15, 0.2) is 34.4 Å². The van der Waals surface area contributed by atoms with Gasteiger partial charge in [-0.25, -0.2) is 4.98 Å². The Balaban J connectivity index is 2.22. The molecule has 1 aromatic carbocycles. The quantitative estimate of drug-likeness (QED) is 0.776. The Hall–Kier alpha value is -2.47. The number of thiophene rings is 1. The molecule has 1 atom stereocenters. The number of hydrogen-bond acceptors (Lipinski definition) is 4. The lowest BCUT2D eigenvalue weighted by Crippen LogP contribution is -2.34. The number of primary amides is 1. The first-order chi connectivity index (χ1) is 11.8. The summed E-state index contributed by atoms with van der Waals surface area (Å²) in [6.07, 6.45) is 0. The summed E-state index contributed by atoms with van der Waals surface area (Å²) in [7, 11) is 0. The summed E-state index contributed by atoms with van der Waals surface area (Å²) in [4.78, 5) is 29.8. The molecule has 0 aliphatic carbocycles. The minimum Gasteiger partial charge on any atom is -0.368 e. The largest absolute Gasteiger partial charge is 0.368 e. The van der Waals surface area contributed by atoms with Crippen molar-refractivity contribution >= 4 is 27.5 Å². The van der Waals surface area contributed by atoms with Crippen LogP contribution >= 0.6 is 11.3 Å². The zero-order valence-corrected chi connectivity index (χ0v) is 15.6. The van der Waals surface area contributed by atoms with E-state index in [1.807, 2.05) is 17.5 Å². The Bertz CT molecular complexity index is 1000. The summed E-state index contributed by atoms with van der Waals surface area (Å²) in [5, 5.41) is 2.49. The van der Waals surface area contributed by atoms with Gasteiger partial charge in [-0.1, -0.05) is 38.1 Å². The van der Waals surface area contributed by atoms with E-state index in [1.165, 1.54) is 21.5 Å². The van der Waals surface area contributed by atoms with Gasteiger partial charge in [-0.15, -0.1) is 11.3 Å². The maximum absolute atomic E-state index is 13.0. The summed E-state index contributed by atoms with van der Waals surface area (Å²) < 4.78 is 1.38. The molecule has 130 valence electrons. The van der Waals surface area contributed by atoms with Crippen molar-refractivity contribution in [2.45, 2.75) is 39.7 Å². The van der Waals surface area contributed by atoms with E-state index in [0.717, 1.165) is 11.1 Å². The predicted octanol–water partition coefficient (Wildman–Crippen LogP) is 3.60. The van der Waals surface area contributed by atoms with Gasteiger partial charge in [-0.2, -0.15) is 0 Å². The number of carbonyl (C=O) groups is 1. The lowest BCUT2D eigenvalue weighted by Gasteiger charge is -2.14. The van der Waals surface area contributed by atoms with Crippen molar-refractivity contribution in [1.29, 1.82) is 0 Å².